The average Bonchev–Trinajstić information content (AvgIpc) is 2.83. The second-order valence-corrected chi connectivity index (χ2v) is 11.8. The van der Waals surface area contributed by atoms with Crippen molar-refractivity contribution in [1.29, 1.82) is 0 Å². The van der Waals surface area contributed by atoms with Gasteiger partial charge in [0, 0.05) is 30.5 Å². The third kappa shape index (κ3) is 9.61. The van der Waals surface area contributed by atoms with Crippen molar-refractivity contribution in [2.75, 3.05) is 23.7 Å². The zero-order valence-corrected chi connectivity index (χ0v) is 24.0. The number of sulfonamides is 1. The Morgan fingerprint density at radius 2 is 1.76 bits per heavy atom. The highest BCUT2D eigenvalue weighted by Gasteiger charge is 2.32. The summed E-state index contributed by atoms with van der Waals surface area (Å²) in [5.41, 5.74) is -0.310. The standard InChI is InChI=1S/C26H33BrF3N3O4S/c1-4-5-14-31-25(35)19(2)32(18-20-9-6-11-22(27)16-20)24(34)13-8-15-33(38(3,36)37)23-12-7-10-21(17-23)26(28,29)30/h6-7,9-12,16-17,19H,4-5,8,13-15,18H2,1-3H3,(H,31,35). The summed E-state index contributed by atoms with van der Waals surface area (Å²) in [4.78, 5) is 27.4. The molecule has 2 aromatic carbocycles. The third-order valence-corrected chi connectivity index (χ3v) is 7.54. The van der Waals surface area contributed by atoms with Crippen molar-refractivity contribution < 1.29 is 31.2 Å². The Balaban J connectivity index is 2.19. The van der Waals surface area contributed by atoms with Gasteiger partial charge in [-0.15, -0.1) is 0 Å². The van der Waals surface area contributed by atoms with Crippen molar-refractivity contribution in [2.45, 2.75) is 58.3 Å². The molecule has 0 spiro atoms. The van der Waals surface area contributed by atoms with Gasteiger partial charge in [0.15, 0.2) is 0 Å². The Kier molecular flexibility index (Phi) is 11.6. The summed E-state index contributed by atoms with van der Waals surface area (Å²) in [5.74, 6) is -0.677. The van der Waals surface area contributed by atoms with E-state index in [0.29, 0.717) is 6.54 Å². The van der Waals surface area contributed by atoms with Gasteiger partial charge < -0.3 is 10.2 Å². The van der Waals surface area contributed by atoms with Crippen LogP contribution < -0.4 is 9.62 Å². The largest absolute Gasteiger partial charge is 0.416 e. The number of unbranched alkanes of at least 4 members (excludes halogenated alkanes) is 1. The maximum atomic E-state index is 13.3. The van der Waals surface area contributed by atoms with Crippen LogP contribution in [0.3, 0.4) is 0 Å². The molecular weight excluding hydrogens is 587 g/mol. The topological polar surface area (TPSA) is 86.8 Å². The third-order valence-electron chi connectivity index (χ3n) is 5.85. The summed E-state index contributed by atoms with van der Waals surface area (Å²) in [6.07, 6.45) is -2.09. The van der Waals surface area contributed by atoms with Crippen molar-refractivity contribution in [2.24, 2.45) is 0 Å². The molecule has 2 aromatic rings. The van der Waals surface area contributed by atoms with E-state index in [2.05, 4.69) is 21.2 Å². The molecule has 0 bridgehead atoms. The molecular formula is C26H33BrF3N3O4S. The first-order chi connectivity index (χ1) is 17.7. The lowest BCUT2D eigenvalue weighted by molar-refractivity contribution is -0.140. The van der Waals surface area contributed by atoms with E-state index in [4.69, 9.17) is 0 Å². The minimum absolute atomic E-state index is 0.0430. The summed E-state index contributed by atoms with van der Waals surface area (Å²) in [7, 11) is -3.92. The fourth-order valence-electron chi connectivity index (χ4n) is 3.79. The maximum Gasteiger partial charge on any atom is 0.416 e. The van der Waals surface area contributed by atoms with Crippen LogP contribution in [0.1, 0.15) is 50.7 Å². The second-order valence-electron chi connectivity index (χ2n) is 8.96. The lowest BCUT2D eigenvalue weighted by atomic mass is 10.1. The van der Waals surface area contributed by atoms with Gasteiger partial charge in [-0.2, -0.15) is 13.2 Å². The molecule has 210 valence electrons. The van der Waals surface area contributed by atoms with Gasteiger partial charge in [0.25, 0.3) is 0 Å². The van der Waals surface area contributed by atoms with Crippen molar-refractivity contribution in [3.05, 3.63) is 64.1 Å². The molecule has 0 aliphatic rings. The Bertz CT molecular complexity index is 1210. The number of nitrogens with zero attached hydrogens (tertiary/aromatic N) is 2. The number of alkyl halides is 3. The van der Waals surface area contributed by atoms with Crippen LogP contribution in [-0.2, 0) is 32.3 Å². The van der Waals surface area contributed by atoms with E-state index < -0.39 is 27.8 Å². The quantitative estimate of drug-likeness (QED) is 0.306. The molecule has 2 amide bonds. The molecule has 1 atom stereocenters. The summed E-state index contributed by atoms with van der Waals surface area (Å²) in [6.45, 7) is 4.07. The molecule has 0 heterocycles. The summed E-state index contributed by atoms with van der Waals surface area (Å²) in [5, 5.41) is 2.83. The molecule has 0 aliphatic heterocycles. The molecule has 0 saturated heterocycles. The normalized spacial score (nSPS) is 12.6. The molecule has 0 aromatic heterocycles. The Hall–Kier alpha value is -2.60. The van der Waals surface area contributed by atoms with Gasteiger partial charge in [-0.05, 0) is 55.7 Å². The summed E-state index contributed by atoms with van der Waals surface area (Å²) in [6, 6.07) is 10.6. The first kappa shape index (κ1) is 31.6. The molecule has 2 rings (SSSR count). The number of nitrogens with one attached hydrogen (secondary N) is 1. The lowest BCUT2D eigenvalue weighted by Crippen LogP contribution is -2.48. The Morgan fingerprint density at radius 3 is 2.37 bits per heavy atom. The van der Waals surface area contributed by atoms with Crippen molar-refractivity contribution in [1.82, 2.24) is 10.2 Å². The number of carbonyl (C=O) groups excluding carboxylic acids is 2. The van der Waals surface area contributed by atoms with E-state index in [1.807, 2.05) is 31.2 Å². The van der Waals surface area contributed by atoms with Crippen LogP contribution in [-0.4, -0.2) is 50.5 Å². The predicted octanol–water partition coefficient (Wildman–Crippen LogP) is 5.35. The van der Waals surface area contributed by atoms with Gasteiger partial charge in [-0.25, -0.2) is 8.42 Å². The van der Waals surface area contributed by atoms with Gasteiger partial charge in [-0.3, -0.25) is 13.9 Å². The van der Waals surface area contributed by atoms with Crippen LogP contribution >= 0.6 is 15.9 Å². The second kappa shape index (κ2) is 14.0. The average molecular weight is 621 g/mol. The Labute approximate surface area is 230 Å². The number of benzene rings is 2. The molecule has 0 radical (unpaired) electrons. The van der Waals surface area contributed by atoms with Gasteiger partial charge in [0.05, 0.1) is 17.5 Å². The summed E-state index contributed by atoms with van der Waals surface area (Å²) >= 11 is 3.40. The highest BCUT2D eigenvalue weighted by molar-refractivity contribution is 9.10. The van der Waals surface area contributed by atoms with Crippen LogP contribution in [0.2, 0.25) is 0 Å². The smallest absolute Gasteiger partial charge is 0.354 e. The first-order valence-electron chi connectivity index (χ1n) is 12.2. The summed E-state index contributed by atoms with van der Waals surface area (Å²) < 4.78 is 65.9. The van der Waals surface area contributed by atoms with Crippen LogP contribution in [0.25, 0.3) is 0 Å². The van der Waals surface area contributed by atoms with Crippen LogP contribution in [0.5, 0.6) is 0 Å². The van der Waals surface area contributed by atoms with Gasteiger partial charge >= 0.3 is 6.18 Å². The number of hydrogen-bond acceptors (Lipinski definition) is 4. The van der Waals surface area contributed by atoms with Crippen molar-refractivity contribution >= 4 is 43.5 Å². The SMILES string of the molecule is CCCCNC(=O)C(C)N(Cc1cccc(Br)c1)C(=O)CCCN(c1cccc(C(F)(F)F)c1)S(C)(=O)=O. The maximum absolute atomic E-state index is 13.3. The zero-order valence-electron chi connectivity index (χ0n) is 21.6. The predicted molar refractivity (Wildman–Crippen MR) is 145 cm³/mol. The van der Waals surface area contributed by atoms with Crippen LogP contribution in [0, 0.1) is 0 Å². The molecule has 1 N–H and O–H groups in total. The van der Waals surface area contributed by atoms with Gasteiger partial charge in [-0.1, -0.05) is 47.5 Å². The molecule has 12 heteroatoms. The van der Waals surface area contributed by atoms with Gasteiger partial charge in [0.2, 0.25) is 21.8 Å². The minimum atomic E-state index is -4.63. The number of anilines is 1. The van der Waals surface area contributed by atoms with Crippen molar-refractivity contribution in [3.8, 4) is 0 Å². The van der Waals surface area contributed by atoms with E-state index in [1.54, 1.807) is 6.92 Å². The van der Waals surface area contributed by atoms with Crippen molar-refractivity contribution in [3.63, 3.8) is 0 Å². The highest BCUT2D eigenvalue weighted by Crippen LogP contribution is 2.32. The van der Waals surface area contributed by atoms with Crippen LogP contribution in [0.4, 0.5) is 18.9 Å². The highest BCUT2D eigenvalue weighted by atomic mass is 79.9. The van der Waals surface area contributed by atoms with E-state index >= 15 is 0 Å². The van der Waals surface area contributed by atoms with E-state index in [1.165, 1.54) is 11.0 Å². The van der Waals surface area contributed by atoms with E-state index in [9.17, 15) is 31.2 Å². The van der Waals surface area contributed by atoms with Crippen LogP contribution in [0.15, 0.2) is 53.0 Å². The number of rotatable bonds is 13. The fraction of sp³-hybridized carbons (Fsp3) is 0.462. The lowest BCUT2D eigenvalue weighted by Gasteiger charge is -2.29. The van der Waals surface area contributed by atoms with E-state index in [0.717, 1.165) is 51.6 Å². The Morgan fingerprint density at radius 1 is 1.08 bits per heavy atom. The number of amides is 2. The minimum Gasteiger partial charge on any atom is -0.354 e. The molecule has 38 heavy (non-hydrogen) atoms. The van der Waals surface area contributed by atoms with Gasteiger partial charge in [0.1, 0.15) is 6.04 Å². The molecule has 7 nitrogen and oxygen atoms in total. The molecule has 0 fully saturated rings. The molecule has 1 unspecified atom stereocenters. The number of carbonyl (C=O) groups is 2. The number of halogens is 4. The monoisotopic (exact) mass is 619 g/mol. The van der Waals surface area contributed by atoms with E-state index in [-0.39, 0.29) is 43.4 Å². The first-order valence-corrected chi connectivity index (χ1v) is 14.8. The number of hydrogen-bond donors (Lipinski definition) is 1. The zero-order chi connectivity index (χ0) is 28.5. The molecule has 0 aliphatic carbocycles. The fourth-order valence-corrected chi connectivity index (χ4v) is 5.20. The molecule has 0 saturated carbocycles.